The first-order valence-electron chi connectivity index (χ1n) is 5.74. The summed E-state index contributed by atoms with van der Waals surface area (Å²) in [7, 11) is 0. The standard InChI is InChI=1S/C15H13ClO2/c16-13-9-6-12(7-10-13)8-11-15(17)18-14-4-2-1-3-5-14/h1-7,9-10H,8,11H2. The predicted molar refractivity (Wildman–Crippen MR) is 71.9 cm³/mol. The highest BCUT2D eigenvalue weighted by Crippen LogP contribution is 2.13. The van der Waals surface area contributed by atoms with Gasteiger partial charge in [-0.05, 0) is 36.2 Å². The fourth-order valence-electron chi connectivity index (χ4n) is 1.57. The highest BCUT2D eigenvalue weighted by molar-refractivity contribution is 6.30. The van der Waals surface area contributed by atoms with Gasteiger partial charge in [-0.1, -0.05) is 41.9 Å². The minimum absolute atomic E-state index is 0.226. The van der Waals surface area contributed by atoms with Gasteiger partial charge < -0.3 is 4.74 Å². The Morgan fingerprint density at radius 2 is 1.67 bits per heavy atom. The summed E-state index contributed by atoms with van der Waals surface area (Å²) in [6, 6.07) is 16.5. The Kier molecular flexibility index (Phi) is 4.37. The molecule has 2 aromatic carbocycles. The van der Waals surface area contributed by atoms with Crippen molar-refractivity contribution in [1.29, 1.82) is 0 Å². The van der Waals surface area contributed by atoms with Gasteiger partial charge in [-0.15, -0.1) is 0 Å². The molecule has 0 unspecified atom stereocenters. The van der Waals surface area contributed by atoms with E-state index in [-0.39, 0.29) is 5.97 Å². The number of aryl methyl sites for hydroxylation is 1. The molecule has 0 heterocycles. The van der Waals surface area contributed by atoms with Crippen LogP contribution in [0.15, 0.2) is 54.6 Å². The number of hydrogen-bond acceptors (Lipinski definition) is 2. The second-order valence-electron chi connectivity index (χ2n) is 3.91. The molecule has 3 heteroatoms. The molecule has 0 aliphatic carbocycles. The van der Waals surface area contributed by atoms with Gasteiger partial charge in [-0.25, -0.2) is 0 Å². The summed E-state index contributed by atoms with van der Waals surface area (Å²) in [5, 5.41) is 0.700. The van der Waals surface area contributed by atoms with E-state index in [0.29, 0.717) is 23.6 Å². The van der Waals surface area contributed by atoms with Crippen LogP contribution in [0.3, 0.4) is 0 Å². The van der Waals surface area contributed by atoms with Gasteiger partial charge in [0.15, 0.2) is 0 Å². The van der Waals surface area contributed by atoms with E-state index in [1.165, 1.54) is 0 Å². The molecule has 0 aliphatic rings. The quantitative estimate of drug-likeness (QED) is 0.616. The summed E-state index contributed by atoms with van der Waals surface area (Å²) < 4.78 is 5.19. The molecule has 0 aliphatic heterocycles. The molecule has 0 aromatic heterocycles. The van der Waals surface area contributed by atoms with Gasteiger partial charge in [0.1, 0.15) is 5.75 Å². The Morgan fingerprint density at radius 3 is 2.33 bits per heavy atom. The molecule has 0 N–H and O–H groups in total. The topological polar surface area (TPSA) is 26.3 Å². The third-order valence-electron chi connectivity index (χ3n) is 2.51. The average Bonchev–Trinajstić information content (AvgIpc) is 2.39. The van der Waals surface area contributed by atoms with Crippen LogP contribution in [-0.4, -0.2) is 5.97 Å². The first-order chi connectivity index (χ1) is 8.74. The minimum atomic E-state index is -0.226. The van der Waals surface area contributed by atoms with Crippen LogP contribution in [0, 0.1) is 0 Å². The summed E-state index contributed by atoms with van der Waals surface area (Å²) in [6.45, 7) is 0. The maximum absolute atomic E-state index is 11.6. The molecular formula is C15H13ClO2. The number of halogens is 1. The van der Waals surface area contributed by atoms with Crippen LogP contribution >= 0.6 is 11.6 Å². The van der Waals surface area contributed by atoms with Gasteiger partial charge in [0, 0.05) is 11.4 Å². The lowest BCUT2D eigenvalue weighted by atomic mass is 10.1. The largest absolute Gasteiger partial charge is 0.427 e. The van der Waals surface area contributed by atoms with E-state index in [1.807, 2.05) is 42.5 Å². The number of carbonyl (C=O) groups excluding carboxylic acids is 1. The van der Waals surface area contributed by atoms with Crippen LogP contribution in [0.1, 0.15) is 12.0 Å². The van der Waals surface area contributed by atoms with E-state index >= 15 is 0 Å². The summed E-state index contributed by atoms with van der Waals surface area (Å²) in [5.74, 6) is 0.356. The second kappa shape index (κ2) is 6.22. The Labute approximate surface area is 111 Å². The fraction of sp³-hybridized carbons (Fsp3) is 0.133. The average molecular weight is 261 g/mol. The van der Waals surface area contributed by atoms with Crippen molar-refractivity contribution in [3.8, 4) is 5.75 Å². The first-order valence-corrected chi connectivity index (χ1v) is 6.12. The van der Waals surface area contributed by atoms with E-state index in [4.69, 9.17) is 16.3 Å². The van der Waals surface area contributed by atoms with E-state index in [1.54, 1.807) is 12.1 Å². The van der Waals surface area contributed by atoms with Gasteiger partial charge in [0.05, 0.1) is 0 Å². The summed E-state index contributed by atoms with van der Waals surface area (Å²) in [4.78, 5) is 11.6. The number of para-hydroxylation sites is 1. The fourth-order valence-corrected chi connectivity index (χ4v) is 1.69. The maximum atomic E-state index is 11.6. The SMILES string of the molecule is O=C(CCc1ccc(Cl)cc1)Oc1ccccc1. The van der Waals surface area contributed by atoms with Crippen molar-refractivity contribution >= 4 is 17.6 Å². The number of rotatable bonds is 4. The zero-order valence-corrected chi connectivity index (χ0v) is 10.6. The van der Waals surface area contributed by atoms with Gasteiger partial charge in [0.2, 0.25) is 0 Å². The third kappa shape index (κ3) is 3.90. The smallest absolute Gasteiger partial charge is 0.311 e. The van der Waals surface area contributed by atoms with Crippen LogP contribution in [0.5, 0.6) is 5.75 Å². The number of esters is 1. The Morgan fingerprint density at radius 1 is 1.00 bits per heavy atom. The van der Waals surface area contributed by atoms with E-state index in [0.717, 1.165) is 5.56 Å². The molecule has 18 heavy (non-hydrogen) atoms. The highest BCUT2D eigenvalue weighted by atomic mass is 35.5. The molecule has 2 aromatic rings. The van der Waals surface area contributed by atoms with Crippen molar-refractivity contribution in [2.24, 2.45) is 0 Å². The zero-order chi connectivity index (χ0) is 12.8. The molecule has 92 valence electrons. The second-order valence-corrected chi connectivity index (χ2v) is 4.35. The van der Waals surface area contributed by atoms with Gasteiger partial charge in [-0.3, -0.25) is 4.79 Å². The molecule has 0 atom stereocenters. The van der Waals surface area contributed by atoms with Crippen LogP contribution < -0.4 is 4.74 Å². The zero-order valence-electron chi connectivity index (χ0n) is 9.80. The maximum Gasteiger partial charge on any atom is 0.311 e. The number of ether oxygens (including phenoxy) is 1. The van der Waals surface area contributed by atoms with Gasteiger partial charge in [0.25, 0.3) is 0 Å². The van der Waals surface area contributed by atoms with Crippen LogP contribution in [0.4, 0.5) is 0 Å². The highest BCUT2D eigenvalue weighted by Gasteiger charge is 2.05. The molecule has 0 bridgehead atoms. The molecule has 0 saturated carbocycles. The monoisotopic (exact) mass is 260 g/mol. The van der Waals surface area contributed by atoms with Crippen LogP contribution in [0.2, 0.25) is 5.02 Å². The Hall–Kier alpha value is -1.80. The molecule has 0 amide bonds. The normalized spacial score (nSPS) is 10.1. The van der Waals surface area contributed by atoms with Crippen molar-refractivity contribution in [3.63, 3.8) is 0 Å². The van der Waals surface area contributed by atoms with Crippen molar-refractivity contribution in [2.75, 3.05) is 0 Å². The summed E-state index contributed by atoms with van der Waals surface area (Å²) in [5.41, 5.74) is 1.07. The minimum Gasteiger partial charge on any atom is -0.427 e. The molecule has 0 spiro atoms. The van der Waals surface area contributed by atoms with Crippen LogP contribution in [-0.2, 0) is 11.2 Å². The number of benzene rings is 2. The van der Waals surface area contributed by atoms with Gasteiger partial charge >= 0.3 is 5.97 Å². The summed E-state index contributed by atoms with van der Waals surface area (Å²) in [6.07, 6.45) is 1.01. The molecular weight excluding hydrogens is 248 g/mol. The first kappa shape index (κ1) is 12.7. The van der Waals surface area contributed by atoms with E-state index in [2.05, 4.69) is 0 Å². The van der Waals surface area contributed by atoms with Crippen molar-refractivity contribution in [2.45, 2.75) is 12.8 Å². The summed E-state index contributed by atoms with van der Waals surface area (Å²) >= 11 is 5.79. The third-order valence-corrected chi connectivity index (χ3v) is 2.76. The van der Waals surface area contributed by atoms with E-state index < -0.39 is 0 Å². The molecule has 2 rings (SSSR count). The lowest BCUT2D eigenvalue weighted by Gasteiger charge is -2.04. The predicted octanol–water partition coefficient (Wildman–Crippen LogP) is 3.88. The number of carbonyl (C=O) groups is 1. The van der Waals surface area contributed by atoms with Crippen LogP contribution in [0.25, 0.3) is 0 Å². The van der Waals surface area contributed by atoms with Gasteiger partial charge in [-0.2, -0.15) is 0 Å². The van der Waals surface area contributed by atoms with Crippen molar-refractivity contribution < 1.29 is 9.53 Å². The molecule has 0 radical (unpaired) electrons. The lowest BCUT2D eigenvalue weighted by Crippen LogP contribution is -2.08. The lowest BCUT2D eigenvalue weighted by molar-refractivity contribution is -0.134. The molecule has 2 nitrogen and oxygen atoms in total. The number of hydrogen-bond donors (Lipinski definition) is 0. The van der Waals surface area contributed by atoms with E-state index in [9.17, 15) is 4.79 Å². The Balaban J connectivity index is 1.83. The Bertz CT molecular complexity index is 506. The molecule has 0 saturated heterocycles. The molecule has 0 fully saturated rings. The van der Waals surface area contributed by atoms with Crippen molar-refractivity contribution in [3.05, 3.63) is 65.2 Å². The van der Waals surface area contributed by atoms with Crippen molar-refractivity contribution in [1.82, 2.24) is 0 Å².